The number of aromatic nitrogens is 3. The second-order valence-corrected chi connectivity index (χ2v) is 5.87. The van der Waals surface area contributed by atoms with Crippen LogP contribution >= 0.6 is 0 Å². The van der Waals surface area contributed by atoms with Crippen molar-refractivity contribution in [1.82, 2.24) is 15.0 Å². The van der Waals surface area contributed by atoms with Gasteiger partial charge in [-0.25, -0.2) is 0 Å². The van der Waals surface area contributed by atoms with E-state index < -0.39 is 0 Å². The highest BCUT2D eigenvalue weighted by atomic mass is 16.5. The van der Waals surface area contributed by atoms with Crippen LogP contribution in [0.25, 0.3) is 16.7 Å². The van der Waals surface area contributed by atoms with Crippen molar-refractivity contribution in [3.05, 3.63) is 42.0 Å². The molecular formula is C19H22N4O2. The van der Waals surface area contributed by atoms with E-state index in [1.807, 2.05) is 57.2 Å². The van der Waals surface area contributed by atoms with Crippen molar-refractivity contribution in [3.63, 3.8) is 0 Å². The number of hydrogen-bond acceptors (Lipinski definition) is 4. The molecule has 2 aromatic carbocycles. The molecule has 6 heteroatoms. The van der Waals surface area contributed by atoms with Crippen molar-refractivity contribution in [3.8, 4) is 11.4 Å². The fourth-order valence-electron chi connectivity index (χ4n) is 2.60. The number of amides is 1. The first kappa shape index (κ1) is 17.0. The molecule has 0 spiro atoms. The van der Waals surface area contributed by atoms with Crippen LogP contribution < -0.4 is 10.1 Å². The minimum absolute atomic E-state index is 0.0175. The zero-order valence-corrected chi connectivity index (χ0v) is 14.7. The van der Waals surface area contributed by atoms with Crippen molar-refractivity contribution < 1.29 is 9.53 Å². The normalized spacial score (nSPS) is 10.8. The number of nitrogens with one attached hydrogen (secondary N) is 1. The quantitative estimate of drug-likeness (QED) is 0.741. The third kappa shape index (κ3) is 3.79. The van der Waals surface area contributed by atoms with Crippen LogP contribution in [0.3, 0.4) is 0 Å². The van der Waals surface area contributed by atoms with E-state index in [0.717, 1.165) is 40.1 Å². The molecule has 0 saturated heterocycles. The molecule has 1 aromatic heterocycles. The van der Waals surface area contributed by atoms with Crippen LogP contribution in [0.4, 0.5) is 5.69 Å². The Morgan fingerprint density at radius 2 is 1.80 bits per heavy atom. The number of ether oxygens (including phenoxy) is 1. The molecule has 0 atom stereocenters. The Hall–Kier alpha value is -2.89. The standard InChI is InChI=1S/C19H22N4O2/c1-4-6-19(24)20-16-12-18-17(11-13(16)3)21-23(22-18)14-7-9-15(10-8-14)25-5-2/h7-12H,4-6H2,1-3H3,(H,20,24). The largest absolute Gasteiger partial charge is 0.494 e. The molecule has 1 heterocycles. The summed E-state index contributed by atoms with van der Waals surface area (Å²) >= 11 is 0. The van der Waals surface area contributed by atoms with Gasteiger partial charge >= 0.3 is 0 Å². The lowest BCUT2D eigenvalue weighted by atomic mass is 10.1. The fourth-order valence-corrected chi connectivity index (χ4v) is 2.60. The van der Waals surface area contributed by atoms with Gasteiger partial charge in [-0.05, 0) is 62.2 Å². The van der Waals surface area contributed by atoms with E-state index in [0.29, 0.717) is 13.0 Å². The Balaban J connectivity index is 1.90. The first-order valence-electron chi connectivity index (χ1n) is 8.51. The summed E-state index contributed by atoms with van der Waals surface area (Å²) in [6.45, 7) is 6.53. The lowest BCUT2D eigenvalue weighted by molar-refractivity contribution is -0.116. The van der Waals surface area contributed by atoms with Crippen molar-refractivity contribution in [2.75, 3.05) is 11.9 Å². The molecule has 1 amide bonds. The molecule has 0 radical (unpaired) electrons. The first-order chi connectivity index (χ1) is 12.1. The second kappa shape index (κ2) is 7.34. The maximum atomic E-state index is 11.8. The van der Waals surface area contributed by atoms with E-state index in [1.54, 1.807) is 4.80 Å². The van der Waals surface area contributed by atoms with Gasteiger partial charge in [0, 0.05) is 12.1 Å². The third-order valence-electron chi connectivity index (χ3n) is 3.86. The first-order valence-corrected chi connectivity index (χ1v) is 8.51. The average molecular weight is 338 g/mol. The fraction of sp³-hybridized carbons (Fsp3) is 0.316. The SMILES string of the molecule is CCCC(=O)Nc1cc2nn(-c3ccc(OCC)cc3)nc2cc1C. The van der Waals surface area contributed by atoms with Crippen molar-refractivity contribution in [2.45, 2.75) is 33.6 Å². The summed E-state index contributed by atoms with van der Waals surface area (Å²) in [5, 5.41) is 12.0. The highest BCUT2D eigenvalue weighted by Gasteiger charge is 2.10. The number of fused-ring (bicyclic) bond motifs is 1. The number of anilines is 1. The predicted octanol–water partition coefficient (Wildman–Crippen LogP) is 3.87. The van der Waals surface area contributed by atoms with E-state index >= 15 is 0 Å². The van der Waals surface area contributed by atoms with Gasteiger partial charge in [0.05, 0.1) is 12.3 Å². The van der Waals surface area contributed by atoms with Crippen molar-refractivity contribution in [2.24, 2.45) is 0 Å². The lowest BCUT2D eigenvalue weighted by Gasteiger charge is -2.07. The molecule has 0 aliphatic heterocycles. The van der Waals surface area contributed by atoms with Gasteiger partial charge in [0.25, 0.3) is 0 Å². The molecule has 25 heavy (non-hydrogen) atoms. The van der Waals surface area contributed by atoms with Gasteiger partial charge in [-0.3, -0.25) is 4.79 Å². The van der Waals surface area contributed by atoms with E-state index in [4.69, 9.17) is 4.74 Å². The number of nitrogens with zero attached hydrogens (tertiary/aromatic N) is 3. The predicted molar refractivity (Wildman–Crippen MR) is 98.3 cm³/mol. The third-order valence-corrected chi connectivity index (χ3v) is 3.86. The zero-order chi connectivity index (χ0) is 17.8. The van der Waals surface area contributed by atoms with Crippen LogP contribution in [-0.4, -0.2) is 27.5 Å². The van der Waals surface area contributed by atoms with Crippen molar-refractivity contribution >= 4 is 22.6 Å². The molecule has 3 aromatic rings. The van der Waals surface area contributed by atoms with Gasteiger partial charge < -0.3 is 10.1 Å². The second-order valence-electron chi connectivity index (χ2n) is 5.87. The highest BCUT2D eigenvalue weighted by Crippen LogP contribution is 2.23. The number of benzene rings is 2. The lowest BCUT2D eigenvalue weighted by Crippen LogP contribution is -2.11. The molecule has 0 bridgehead atoms. The summed E-state index contributed by atoms with van der Waals surface area (Å²) in [4.78, 5) is 13.4. The minimum atomic E-state index is 0.0175. The highest BCUT2D eigenvalue weighted by molar-refractivity contribution is 5.94. The van der Waals surface area contributed by atoms with E-state index in [-0.39, 0.29) is 5.91 Å². The minimum Gasteiger partial charge on any atom is -0.494 e. The van der Waals surface area contributed by atoms with Crippen LogP contribution in [-0.2, 0) is 4.79 Å². The number of aryl methyl sites for hydroxylation is 1. The molecular weight excluding hydrogens is 316 g/mol. The topological polar surface area (TPSA) is 69.0 Å². The molecule has 6 nitrogen and oxygen atoms in total. The number of hydrogen-bond donors (Lipinski definition) is 1. The van der Waals surface area contributed by atoms with Crippen LogP contribution in [0.1, 0.15) is 32.3 Å². The van der Waals surface area contributed by atoms with E-state index in [1.165, 1.54) is 0 Å². The van der Waals surface area contributed by atoms with Gasteiger partial charge in [-0.15, -0.1) is 10.2 Å². The van der Waals surface area contributed by atoms with Crippen molar-refractivity contribution in [1.29, 1.82) is 0 Å². The molecule has 0 aliphatic rings. The average Bonchev–Trinajstić information content (AvgIpc) is 2.99. The van der Waals surface area contributed by atoms with Crippen LogP contribution in [0.5, 0.6) is 5.75 Å². The van der Waals surface area contributed by atoms with Crippen LogP contribution in [0, 0.1) is 6.92 Å². The van der Waals surface area contributed by atoms with Gasteiger partial charge in [0.15, 0.2) is 0 Å². The Morgan fingerprint density at radius 1 is 1.12 bits per heavy atom. The maximum Gasteiger partial charge on any atom is 0.224 e. The van der Waals surface area contributed by atoms with Gasteiger partial charge in [-0.1, -0.05) is 6.92 Å². The molecule has 0 unspecified atom stereocenters. The number of rotatable bonds is 6. The van der Waals surface area contributed by atoms with E-state index in [2.05, 4.69) is 15.5 Å². The molecule has 3 rings (SSSR count). The van der Waals surface area contributed by atoms with Gasteiger partial charge in [0.2, 0.25) is 5.91 Å². The van der Waals surface area contributed by atoms with Gasteiger partial charge in [-0.2, -0.15) is 4.80 Å². The van der Waals surface area contributed by atoms with E-state index in [9.17, 15) is 4.79 Å². The summed E-state index contributed by atoms with van der Waals surface area (Å²) < 4.78 is 5.45. The van der Waals surface area contributed by atoms with Crippen LogP contribution in [0.2, 0.25) is 0 Å². The Morgan fingerprint density at radius 3 is 2.44 bits per heavy atom. The summed E-state index contributed by atoms with van der Waals surface area (Å²) in [5.41, 5.74) is 4.14. The Labute approximate surface area is 146 Å². The molecule has 1 N–H and O–H groups in total. The maximum absolute atomic E-state index is 11.8. The summed E-state index contributed by atoms with van der Waals surface area (Å²) in [5.74, 6) is 0.837. The Kier molecular flexibility index (Phi) is 4.97. The summed E-state index contributed by atoms with van der Waals surface area (Å²) in [6.07, 6.45) is 1.33. The number of carbonyl (C=O) groups is 1. The molecule has 0 aliphatic carbocycles. The molecule has 130 valence electrons. The molecule has 0 saturated carbocycles. The smallest absolute Gasteiger partial charge is 0.224 e. The monoisotopic (exact) mass is 338 g/mol. The van der Waals surface area contributed by atoms with Crippen LogP contribution in [0.15, 0.2) is 36.4 Å². The summed E-state index contributed by atoms with van der Waals surface area (Å²) in [6, 6.07) is 11.4. The number of carbonyl (C=O) groups excluding carboxylic acids is 1. The zero-order valence-electron chi connectivity index (χ0n) is 14.7. The Bertz CT molecular complexity index is 884. The molecule has 0 fully saturated rings. The summed E-state index contributed by atoms with van der Waals surface area (Å²) in [7, 11) is 0. The van der Waals surface area contributed by atoms with Gasteiger partial charge in [0.1, 0.15) is 16.8 Å².